The second-order valence-corrected chi connectivity index (χ2v) is 2.61. The predicted molar refractivity (Wildman–Crippen MR) is 46.0 cm³/mol. The standard InChI is InChI=1S/C8H11N3O2/c1-6(8(12)13)11-5-7-9-3-2-4-10-7/h2-4,6,11H,5H2,1H3,(H,12,13)/t6-/m1/s1. The van der Waals surface area contributed by atoms with Crippen LogP contribution in [0, 0.1) is 0 Å². The molecule has 0 radical (unpaired) electrons. The van der Waals surface area contributed by atoms with E-state index in [1.54, 1.807) is 25.4 Å². The van der Waals surface area contributed by atoms with Gasteiger partial charge in [-0.3, -0.25) is 10.1 Å². The van der Waals surface area contributed by atoms with Crippen LogP contribution >= 0.6 is 0 Å². The number of carboxylic acids is 1. The van der Waals surface area contributed by atoms with Gasteiger partial charge < -0.3 is 5.11 Å². The molecule has 2 N–H and O–H groups in total. The Balaban J connectivity index is 2.39. The van der Waals surface area contributed by atoms with Crippen LogP contribution in [0.2, 0.25) is 0 Å². The summed E-state index contributed by atoms with van der Waals surface area (Å²) in [5.74, 6) is -0.286. The van der Waals surface area contributed by atoms with E-state index in [2.05, 4.69) is 15.3 Å². The highest BCUT2D eigenvalue weighted by Crippen LogP contribution is 1.88. The van der Waals surface area contributed by atoms with Crippen LogP contribution in [0.1, 0.15) is 12.7 Å². The van der Waals surface area contributed by atoms with Crippen LogP contribution in [-0.2, 0) is 11.3 Å². The van der Waals surface area contributed by atoms with Gasteiger partial charge in [-0.05, 0) is 13.0 Å². The zero-order chi connectivity index (χ0) is 9.68. The van der Waals surface area contributed by atoms with E-state index in [0.29, 0.717) is 12.4 Å². The van der Waals surface area contributed by atoms with Crippen LogP contribution in [0.25, 0.3) is 0 Å². The third-order valence-electron chi connectivity index (χ3n) is 1.56. The van der Waals surface area contributed by atoms with Gasteiger partial charge in [0, 0.05) is 12.4 Å². The van der Waals surface area contributed by atoms with E-state index in [4.69, 9.17) is 5.11 Å². The van der Waals surface area contributed by atoms with Gasteiger partial charge in [0.15, 0.2) is 0 Å². The third-order valence-corrected chi connectivity index (χ3v) is 1.56. The Morgan fingerprint density at radius 3 is 2.77 bits per heavy atom. The minimum atomic E-state index is -0.879. The molecule has 1 heterocycles. The fourth-order valence-electron chi connectivity index (χ4n) is 0.753. The maximum atomic E-state index is 10.4. The smallest absolute Gasteiger partial charge is 0.320 e. The quantitative estimate of drug-likeness (QED) is 0.686. The summed E-state index contributed by atoms with van der Waals surface area (Å²) in [7, 11) is 0. The van der Waals surface area contributed by atoms with Crippen molar-refractivity contribution in [3.63, 3.8) is 0 Å². The second kappa shape index (κ2) is 4.51. The molecule has 0 amide bonds. The van der Waals surface area contributed by atoms with Gasteiger partial charge in [-0.2, -0.15) is 0 Å². The van der Waals surface area contributed by atoms with Crippen LogP contribution in [0.5, 0.6) is 0 Å². The number of hydrogen-bond acceptors (Lipinski definition) is 4. The zero-order valence-electron chi connectivity index (χ0n) is 7.27. The fraction of sp³-hybridized carbons (Fsp3) is 0.375. The van der Waals surface area contributed by atoms with Crippen molar-refractivity contribution < 1.29 is 9.90 Å². The highest BCUT2D eigenvalue weighted by molar-refractivity contribution is 5.72. The number of carbonyl (C=O) groups is 1. The number of aromatic nitrogens is 2. The maximum absolute atomic E-state index is 10.4. The van der Waals surface area contributed by atoms with Crippen LogP contribution in [0.15, 0.2) is 18.5 Å². The molecule has 5 nitrogen and oxygen atoms in total. The van der Waals surface area contributed by atoms with E-state index in [-0.39, 0.29) is 0 Å². The zero-order valence-corrected chi connectivity index (χ0v) is 7.27. The fourth-order valence-corrected chi connectivity index (χ4v) is 0.753. The number of carboxylic acid groups (broad SMARTS) is 1. The van der Waals surface area contributed by atoms with Gasteiger partial charge in [-0.1, -0.05) is 0 Å². The number of nitrogens with one attached hydrogen (secondary N) is 1. The first kappa shape index (κ1) is 9.60. The second-order valence-electron chi connectivity index (χ2n) is 2.61. The van der Waals surface area contributed by atoms with Gasteiger partial charge >= 0.3 is 5.97 Å². The number of rotatable bonds is 4. The average molecular weight is 181 g/mol. The highest BCUT2D eigenvalue weighted by atomic mass is 16.4. The molecule has 0 bridgehead atoms. The first-order chi connectivity index (χ1) is 6.20. The van der Waals surface area contributed by atoms with Gasteiger partial charge in [0.2, 0.25) is 0 Å². The Morgan fingerprint density at radius 1 is 1.62 bits per heavy atom. The molecule has 0 aliphatic rings. The van der Waals surface area contributed by atoms with E-state index in [9.17, 15) is 4.79 Å². The Kier molecular flexibility index (Phi) is 3.33. The van der Waals surface area contributed by atoms with Crippen molar-refractivity contribution in [3.05, 3.63) is 24.3 Å². The van der Waals surface area contributed by atoms with Gasteiger partial charge in [-0.15, -0.1) is 0 Å². The molecule has 1 atom stereocenters. The number of nitrogens with zero attached hydrogens (tertiary/aromatic N) is 2. The molecule has 0 aliphatic carbocycles. The topological polar surface area (TPSA) is 75.1 Å². The summed E-state index contributed by atoms with van der Waals surface area (Å²) in [6.45, 7) is 1.94. The van der Waals surface area contributed by atoms with Crippen LogP contribution in [-0.4, -0.2) is 27.1 Å². The lowest BCUT2D eigenvalue weighted by molar-refractivity contribution is -0.139. The highest BCUT2D eigenvalue weighted by Gasteiger charge is 2.09. The Morgan fingerprint density at radius 2 is 2.23 bits per heavy atom. The van der Waals surface area contributed by atoms with E-state index in [1.807, 2.05) is 0 Å². The monoisotopic (exact) mass is 181 g/mol. The number of hydrogen-bond donors (Lipinski definition) is 2. The molecule has 5 heteroatoms. The minimum absolute atomic E-state index is 0.369. The summed E-state index contributed by atoms with van der Waals surface area (Å²) < 4.78 is 0. The van der Waals surface area contributed by atoms with Crippen molar-refractivity contribution in [2.45, 2.75) is 19.5 Å². The van der Waals surface area contributed by atoms with Crippen molar-refractivity contribution in [2.24, 2.45) is 0 Å². The van der Waals surface area contributed by atoms with Crippen molar-refractivity contribution in [3.8, 4) is 0 Å². The normalized spacial score (nSPS) is 12.4. The molecule has 1 rings (SSSR count). The summed E-state index contributed by atoms with van der Waals surface area (Å²) in [5.41, 5.74) is 0. The van der Waals surface area contributed by atoms with Gasteiger partial charge in [0.05, 0.1) is 6.54 Å². The largest absolute Gasteiger partial charge is 0.480 e. The lowest BCUT2D eigenvalue weighted by atomic mass is 10.3. The van der Waals surface area contributed by atoms with Crippen molar-refractivity contribution >= 4 is 5.97 Å². The summed E-state index contributed by atoms with van der Waals surface area (Å²) in [5, 5.41) is 11.3. The molecule has 0 aliphatic heterocycles. The lowest BCUT2D eigenvalue weighted by Gasteiger charge is -2.06. The molecule has 1 aromatic rings. The summed E-state index contributed by atoms with van der Waals surface area (Å²) in [4.78, 5) is 18.3. The number of aliphatic carboxylic acids is 1. The molecular formula is C8H11N3O2. The molecule has 0 saturated carbocycles. The summed E-state index contributed by atoms with van der Waals surface area (Å²) >= 11 is 0. The predicted octanol–water partition coefficient (Wildman–Crippen LogP) is 0.0393. The van der Waals surface area contributed by atoms with Crippen molar-refractivity contribution in [1.29, 1.82) is 0 Å². The Bertz CT molecular complexity index is 276. The van der Waals surface area contributed by atoms with Gasteiger partial charge in [-0.25, -0.2) is 9.97 Å². The van der Waals surface area contributed by atoms with Gasteiger partial charge in [0.1, 0.15) is 11.9 Å². The Labute approximate surface area is 75.8 Å². The van der Waals surface area contributed by atoms with E-state index >= 15 is 0 Å². The average Bonchev–Trinajstić information content (AvgIpc) is 2.15. The van der Waals surface area contributed by atoms with Crippen molar-refractivity contribution in [1.82, 2.24) is 15.3 Å². The molecular weight excluding hydrogens is 170 g/mol. The molecule has 70 valence electrons. The van der Waals surface area contributed by atoms with Gasteiger partial charge in [0.25, 0.3) is 0 Å². The third kappa shape index (κ3) is 3.16. The first-order valence-corrected chi connectivity index (χ1v) is 3.92. The van der Waals surface area contributed by atoms with Crippen molar-refractivity contribution in [2.75, 3.05) is 0 Å². The van der Waals surface area contributed by atoms with Crippen LogP contribution < -0.4 is 5.32 Å². The molecule has 0 unspecified atom stereocenters. The summed E-state index contributed by atoms with van der Waals surface area (Å²) in [6, 6.07) is 1.13. The van der Waals surface area contributed by atoms with E-state index < -0.39 is 12.0 Å². The summed E-state index contributed by atoms with van der Waals surface area (Å²) in [6.07, 6.45) is 3.24. The van der Waals surface area contributed by atoms with E-state index in [1.165, 1.54) is 0 Å². The molecule has 13 heavy (non-hydrogen) atoms. The lowest BCUT2D eigenvalue weighted by Crippen LogP contribution is -2.33. The molecule has 0 fully saturated rings. The molecule has 0 aromatic carbocycles. The minimum Gasteiger partial charge on any atom is -0.480 e. The Hall–Kier alpha value is -1.49. The molecule has 0 saturated heterocycles. The van der Waals surface area contributed by atoms with Crippen LogP contribution in [0.3, 0.4) is 0 Å². The maximum Gasteiger partial charge on any atom is 0.320 e. The SMILES string of the molecule is C[C@@H](NCc1ncccn1)C(=O)O. The molecule has 0 spiro atoms. The molecule has 1 aromatic heterocycles. The van der Waals surface area contributed by atoms with Crippen LogP contribution in [0.4, 0.5) is 0 Å². The first-order valence-electron chi connectivity index (χ1n) is 3.92. The van der Waals surface area contributed by atoms with E-state index in [0.717, 1.165) is 0 Å².